The van der Waals surface area contributed by atoms with Crippen LogP contribution in [0, 0.1) is 0 Å². The van der Waals surface area contributed by atoms with Crippen LogP contribution in [0.15, 0.2) is 36.4 Å². The van der Waals surface area contributed by atoms with E-state index in [4.69, 9.17) is 0 Å². The molecule has 0 aliphatic rings. The van der Waals surface area contributed by atoms with Gasteiger partial charge in [-0.3, -0.25) is 0 Å². The van der Waals surface area contributed by atoms with Crippen molar-refractivity contribution < 1.29 is 10.2 Å². The molecule has 2 aromatic rings. The molecule has 0 fully saturated rings. The molecule has 0 aromatic heterocycles. The van der Waals surface area contributed by atoms with Crippen molar-refractivity contribution in [2.24, 2.45) is 0 Å². The first-order valence-corrected chi connectivity index (χ1v) is 4.57. The van der Waals surface area contributed by atoms with Crippen LogP contribution in [0.5, 0.6) is 5.75 Å². The standard InChI is InChI=1S/C12H12O2/c1-8(13)9-2-3-11-7-12(14)5-4-10(11)6-9/h2-8,13-14H,1H3. The second-order valence-electron chi connectivity index (χ2n) is 3.47. The lowest BCUT2D eigenvalue weighted by molar-refractivity contribution is 0.199. The number of phenols is 1. The molecule has 2 rings (SSSR count). The summed E-state index contributed by atoms with van der Waals surface area (Å²) in [6.07, 6.45) is -0.451. The van der Waals surface area contributed by atoms with Crippen molar-refractivity contribution in [1.29, 1.82) is 0 Å². The Kier molecular flexibility index (Phi) is 2.14. The second-order valence-corrected chi connectivity index (χ2v) is 3.47. The average molecular weight is 188 g/mol. The van der Waals surface area contributed by atoms with E-state index in [0.29, 0.717) is 0 Å². The summed E-state index contributed by atoms with van der Waals surface area (Å²) in [7, 11) is 0. The fourth-order valence-electron chi connectivity index (χ4n) is 1.51. The summed E-state index contributed by atoms with van der Waals surface area (Å²) in [6, 6.07) is 10.9. The highest BCUT2D eigenvalue weighted by Crippen LogP contribution is 2.23. The first-order valence-electron chi connectivity index (χ1n) is 4.57. The van der Waals surface area contributed by atoms with Gasteiger partial charge in [-0.1, -0.05) is 18.2 Å². The number of aliphatic hydroxyl groups excluding tert-OH is 1. The third-order valence-electron chi connectivity index (χ3n) is 2.33. The van der Waals surface area contributed by atoms with Crippen molar-refractivity contribution >= 4 is 10.8 Å². The summed E-state index contributed by atoms with van der Waals surface area (Å²) in [4.78, 5) is 0. The van der Waals surface area contributed by atoms with Crippen LogP contribution >= 0.6 is 0 Å². The zero-order chi connectivity index (χ0) is 10.1. The smallest absolute Gasteiger partial charge is 0.116 e. The molecule has 0 saturated carbocycles. The first kappa shape index (κ1) is 9.03. The molecule has 0 saturated heterocycles. The molecule has 0 aliphatic carbocycles. The van der Waals surface area contributed by atoms with E-state index in [2.05, 4.69) is 0 Å². The van der Waals surface area contributed by atoms with Gasteiger partial charge in [0.05, 0.1) is 6.10 Å². The van der Waals surface area contributed by atoms with Crippen LogP contribution < -0.4 is 0 Å². The van der Waals surface area contributed by atoms with Gasteiger partial charge in [-0.2, -0.15) is 0 Å². The van der Waals surface area contributed by atoms with Crippen LogP contribution in [-0.2, 0) is 0 Å². The van der Waals surface area contributed by atoms with Gasteiger partial charge in [0.1, 0.15) is 5.75 Å². The number of rotatable bonds is 1. The molecule has 2 aromatic carbocycles. The van der Waals surface area contributed by atoms with Crippen LogP contribution in [-0.4, -0.2) is 10.2 Å². The average Bonchev–Trinajstić information content (AvgIpc) is 2.16. The van der Waals surface area contributed by atoms with Crippen molar-refractivity contribution in [3.63, 3.8) is 0 Å². The number of hydrogen-bond donors (Lipinski definition) is 2. The van der Waals surface area contributed by atoms with E-state index in [-0.39, 0.29) is 5.75 Å². The van der Waals surface area contributed by atoms with Crippen molar-refractivity contribution in [2.45, 2.75) is 13.0 Å². The van der Waals surface area contributed by atoms with Crippen LogP contribution in [0.25, 0.3) is 10.8 Å². The molecule has 2 N–H and O–H groups in total. The van der Waals surface area contributed by atoms with E-state index in [1.807, 2.05) is 24.3 Å². The Bertz CT molecular complexity index is 461. The van der Waals surface area contributed by atoms with E-state index in [1.54, 1.807) is 19.1 Å². The number of phenolic OH excluding ortho intramolecular Hbond substituents is 1. The predicted octanol–water partition coefficient (Wildman–Crippen LogP) is 2.60. The number of hydrogen-bond acceptors (Lipinski definition) is 2. The van der Waals surface area contributed by atoms with Gasteiger partial charge in [0, 0.05) is 0 Å². The van der Waals surface area contributed by atoms with Gasteiger partial charge < -0.3 is 10.2 Å². The normalized spacial score (nSPS) is 13.0. The summed E-state index contributed by atoms with van der Waals surface area (Å²) in [5.41, 5.74) is 0.892. The van der Waals surface area contributed by atoms with E-state index >= 15 is 0 Å². The van der Waals surface area contributed by atoms with Crippen LogP contribution in [0.4, 0.5) is 0 Å². The molecule has 2 heteroatoms. The molecule has 2 nitrogen and oxygen atoms in total. The minimum Gasteiger partial charge on any atom is -0.508 e. The van der Waals surface area contributed by atoms with E-state index in [1.165, 1.54) is 0 Å². The summed E-state index contributed by atoms with van der Waals surface area (Å²) in [5, 5.41) is 20.7. The Labute approximate surface area is 82.4 Å². The third kappa shape index (κ3) is 1.56. The molecule has 0 radical (unpaired) electrons. The highest BCUT2D eigenvalue weighted by molar-refractivity contribution is 5.84. The number of benzene rings is 2. The van der Waals surface area contributed by atoms with Gasteiger partial charge in [-0.05, 0) is 41.5 Å². The molecule has 1 atom stereocenters. The summed E-state index contributed by atoms with van der Waals surface area (Å²) in [6.45, 7) is 1.74. The number of aromatic hydroxyl groups is 1. The maximum atomic E-state index is 9.39. The van der Waals surface area contributed by atoms with Gasteiger partial charge in [-0.25, -0.2) is 0 Å². The largest absolute Gasteiger partial charge is 0.508 e. The lowest BCUT2D eigenvalue weighted by Crippen LogP contribution is -1.89. The Hall–Kier alpha value is -1.54. The molecule has 14 heavy (non-hydrogen) atoms. The minimum absolute atomic E-state index is 0.266. The van der Waals surface area contributed by atoms with Crippen LogP contribution in [0.1, 0.15) is 18.6 Å². The lowest BCUT2D eigenvalue weighted by atomic mass is 10.0. The Morgan fingerprint density at radius 1 is 1.00 bits per heavy atom. The summed E-state index contributed by atoms with van der Waals surface area (Å²) in [5.74, 6) is 0.266. The summed E-state index contributed by atoms with van der Waals surface area (Å²) >= 11 is 0. The van der Waals surface area contributed by atoms with E-state index in [0.717, 1.165) is 16.3 Å². The van der Waals surface area contributed by atoms with Crippen molar-refractivity contribution in [3.8, 4) is 5.75 Å². The van der Waals surface area contributed by atoms with Crippen molar-refractivity contribution in [3.05, 3.63) is 42.0 Å². The Morgan fingerprint density at radius 3 is 2.36 bits per heavy atom. The third-order valence-corrected chi connectivity index (χ3v) is 2.33. The molecular formula is C12H12O2. The zero-order valence-corrected chi connectivity index (χ0v) is 7.94. The van der Waals surface area contributed by atoms with Crippen LogP contribution in [0.2, 0.25) is 0 Å². The van der Waals surface area contributed by atoms with Gasteiger partial charge in [-0.15, -0.1) is 0 Å². The quantitative estimate of drug-likeness (QED) is 0.722. The molecule has 0 spiro atoms. The monoisotopic (exact) mass is 188 g/mol. The van der Waals surface area contributed by atoms with E-state index in [9.17, 15) is 10.2 Å². The lowest BCUT2D eigenvalue weighted by Gasteiger charge is -2.06. The molecule has 72 valence electrons. The fraction of sp³-hybridized carbons (Fsp3) is 0.167. The fourth-order valence-corrected chi connectivity index (χ4v) is 1.51. The molecule has 0 bridgehead atoms. The van der Waals surface area contributed by atoms with Crippen molar-refractivity contribution in [2.75, 3.05) is 0 Å². The Morgan fingerprint density at radius 2 is 1.64 bits per heavy atom. The maximum Gasteiger partial charge on any atom is 0.116 e. The van der Waals surface area contributed by atoms with Gasteiger partial charge >= 0.3 is 0 Å². The maximum absolute atomic E-state index is 9.39. The van der Waals surface area contributed by atoms with Crippen molar-refractivity contribution in [1.82, 2.24) is 0 Å². The van der Waals surface area contributed by atoms with E-state index < -0.39 is 6.10 Å². The molecule has 0 aliphatic heterocycles. The highest BCUT2D eigenvalue weighted by Gasteiger charge is 2.01. The number of fused-ring (bicyclic) bond motifs is 1. The molecular weight excluding hydrogens is 176 g/mol. The zero-order valence-electron chi connectivity index (χ0n) is 7.94. The SMILES string of the molecule is CC(O)c1ccc2cc(O)ccc2c1. The van der Waals surface area contributed by atoms with Gasteiger partial charge in [0.15, 0.2) is 0 Å². The molecule has 0 heterocycles. The van der Waals surface area contributed by atoms with Crippen LogP contribution in [0.3, 0.4) is 0 Å². The topological polar surface area (TPSA) is 40.5 Å². The Balaban J connectivity index is 2.62. The molecule has 0 amide bonds. The predicted molar refractivity (Wildman–Crippen MR) is 56.2 cm³/mol. The molecule has 1 unspecified atom stereocenters. The minimum atomic E-state index is -0.451. The first-order chi connectivity index (χ1) is 6.66. The summed E-state index contributed by atoms with van der Waals surface area (Å²) < 4.78 is 0. The van der Waals surface area contributed by atoms with Gasteiger partial charge in [0.25, 0.3) is 0 Å². The highest BCUT2D eigenvalue weighted by atomic mass is 16.3. The number of aliphatic hydroxyl groups is 1. The van der Waals surface area contributed by atoms with Gasteiger partial charge in [0.2, 0.25) is 0 Å². The second kappa shape index (κ2) is 3.31.